The lowest BCUT2D eigenvalue weighted by Gasteiger charge is -2.28. The van der Waals surface area contributed by atoms with E-state index in [1.165, 1.54) is 6.42 Å². The van der Waals surface area contributed by atoms with Gasteiger partial charge in [0.05, 0.1) is 12.1 Å². The van der Waals surface area contributed by atoms with Crippen LogP contribution in [0.1, 0.15) is 41.7 Å². The highest BCUT2D eigenvalue weighted by molar-refractivity contribution is 6.19. The van der Waals surface area contributed by atoms with E-state index in [9.17, 15) is 14.7 Å². The molecule has 25 heavy (non-hydrogen) atoms. The standard InChI is InChI=1S/C19H21N3O3/c1-21-15-9-17(20-13-3-2-4-13)22(19(15)16(24)10-18(21)25)11-12-5-7-14(23)8-6-12/h5-9,13,20,23H,2-4,10-11H2,1H3. The highest BCUT2D eigenvalue weighted by Gasteiger charge is 2.33. The van der Waals surface area contributed by atoms with Gasteiger partial charge in [-0.15, -0.1) is 0 Å². The van der Waals surface area contributed by atoms with Gasteiger partial charge in [0.1, 0.15) is 17.3 Å². The van der Waals surface area contributed by atoms with Crippen molar-refractivity contribution in [3.05, 3.63) is 41.6 Å². The van der Waals surface area contributed by atoms with Crippen molar-refractivity contribution in [3.63, 3.8) is 0 Å². The van der Waals surface area contributed by atoms with E-state index in [0.717, 1.165) is 24.2 Å². The second kappa shape index (κ2) is 5.95. The summed E-state index contributed by atoms with van der Waals surface area (Å²) < 4.78 is 1.96. The molecular weight excluding hydrogens is 318 g/mol. The second-order valence-electron chi connectivity index (χ2n) is 6.84. The van der Waals surface area contributed by atoms with E-state index < -0.39 is 0 Å². The molecule has 1 aliphatic heterocycles. The summed E-state index contributed by atoms with van der Waals surface area (Å²) in [5.74, 6) is 0.776. The fraction of sp³-hybridized carbons (Fsp3) is 0.368. The van der Waals surface area contributed by atoms with Gasteiger partial charge in [0, 0.05) is 25.7 Å². The number of nitrogens with zero attached hydrogens (tertiary/aromatic N) is 2. The molecule has 1 aromatic heterocycles. The zero-order chi connectivity index (χ0) is 17.6. The van der Waals surface area contributed by atoms with Crippen LogP contribution in [0.3, 0.4) is 0 Å². The number of phenolic OH excluding ortho intramolecular Hbond substituents is 1. The van der Waals surface area contributed by atoms with E-state index in [2.05, 4.69) is 5.32 Å². The zero-order valence-electron chi connectivity index (χ0n) is 14.2. The molecule has 2 aromatic rings. The first-order valence-corrected chi connectivity index (χ1v) is 8.60. The maximum Gasteiger partial charge on any atom is 0.234 e. The molecule has 0 unspecified atom stereocenters. The lowest BCUT2D eigenvalue weighted by molar-refractivity contribution is -0.117. The largest absolute Gasteiger partial charge is 0.508 e. The molecule has 1 aliphatic carbocycles. The van der Waals surface area contributed by atoms with E-state index in [0.29, 0.717) is 24.0 Å². The van der Waals surface area contributed by atoms with Crippen molar-refractivity contribution in [2.24, 2.45) is 0 Å². The minimum Gasteiger partial charge on any atom is -0.508 e. The van der Waals surface area contributed by atoms with Gasteiger partial charge in [-0.3, -0.25) is 9.59 Å². The number of rotatable bonds is 4. The molecule has 6 heteroatoms. The Labute approximate surface area is 146 Å². The van der Waals surface area contributed by atoms with Gasteiger partial charge in [-0.05, 0) is 37.0 Å². The monoisotopic (exact) mass is 339 g/mol. The number of amides is 1. The molecule has 1 aromatic carbocycles. The summed E-state index contributed by atoms with van der Waals surface area (Å²) in [6.45, 7) is 0.512. The Balaban J connectivity index is 1.76. The Morgan fingerprint density at radius 1 is 1.20 bits per heavy atom. The number of carbonyl (C=O) groups is 2. The molecule has 6 nitrogen and oxygen atoms in total. The number of hydrogen-bond donors (Lipinski definition) is 2. The first-order valence-electron chi connectivity index (χ1n) is 8.60. The summed E-state index contributed by atoms with van der Waals surface area (Å²) >= 11 is 0. The number of hydrogen-bond acceptors (Lipinski definition) is 4. The molecule has 0 saturated heterocycles. The average Bonchev–Trinajstić information content (AvgIpc) is 2.90. The Kier molecular flexibility index (Phi) is 3.75. The van der Waals surface area contributed by atoms with Crippen LogP contribution >= 0.6 is 0 Å². The second-order valence-corrected chi connectivity index (χ2v) is 6.84. The van der Waals surface area contributed by atoms with Crippen molar-refractivity contribution in [1.29, 1.82) is 0 Å². The van der Waals surface area contributed by atoms with E-state index in [4.69, 9.17) is 0 Å². The van der Waals surface area contributed by atoms with Crippen molar-refractivity contribution in [1.82, 2.24) is 4.57 Å². The van der Waals surface area contributed by atoms with E-state index >= 15 is 0 Å². The molecule has 2 N–H and O–H groups in total. The number of carbonyl (C=O) groups excluding carboxylic acids is 2. The molecule has 0 radical (unpaired) electrons. The van der Waals surface area contributed by atoms with Crippen LogP contribution in [-0.2, 0) is 11.3 Å². The highest BCUT2D eigenvalue weighted by atomic mass is 16.3. The number of aromatic hydroxyl groups is 1. The molecule has 0 bridgehead atoms. The minimum absolute atomic E-state index is 0.0913. The summed E-state index contributed by atoms with van der Waals surface area (Å²) in [5, 5.41) is 13.0. The lowest BCUT2D eigenvalue weighted by atomic mass is 9.93. The molecule has 4 rings (SSSR count). The number of benzene rings is 1. The maximum atomic E-state index is 12.6. The molecule has 1 amide bonds. The third-order valence-corrected chi connectivity index (χ3v) is 5.12. The first kappa shape index (κ1) is 15.7. The third kappa shape index (κ3) is 2.77. The van der Waals surface area contributed by atoms with Crippen molar-refractivity contribution >= 4 is 23.2 Å². The summed E-state index contributed by atoms with van der Waals surface area (Å²) in [6.07, 6.45) is 3.37. The molecule has 130 valence electrons. The summed E-state index contributed by atoms with van der Waals surface area (Å²) in [5.41, 5.74) is 2.24. The number of aromatic nitrogens is 1. The highest BCUT2D eigenvalue weighted by Crippen LogP contribution is 2.35. The fourth-order valence-electron chi connectivity index (χ4n) is 3.39. The Morgan fingerprint density at radius 3 is 2.56 bits per heavy atom. The number of Topliss-reactive ketones (excluding diaryl/α,β-unsaturated/α-hetero) is 1. The quantitative estimate of drug-likeness (QED) is 0.840. The van der Waals surface area contributed by atoms with Gasteiger partial charge in [-0.1, -0.05) is 12.1 Å². The normalized spacial score (nSPS) is 17.4. The predicted molar refractivity (Wildman–Crippen MR) is 95.3 cm³/mol. The lowest BCUT2D eigenvalue weighted by Crippen LogP contribution is -2.34. The fourth-order valence-corrected chi connectivity index (χ4v) is 3.39. The molecule has 0 atom stereocenters. The molecule has 2 aliphatic rings. The van der Waals surface area contributed by atoms with Gasteiger partial charge in [-0.25, -0.2) is 0 Å². The minimum atomic E-state index is -0.172. The Morgan fingerprint density at radius 2 is 1.92 bits per heavy atom. The summed E-state index contributed by atoms with van der Waals surface area (Å²) in [6, 6.07) is 9.30. The number of anilines is 2. The molecular formula is C19H21N3O3. The van der Waals surface area contributed by atoms with Crippen LogP contribution in [0.4, 0.5) is 11.5 Å². The number of nitrogens with one attached hydrogen (secondary N) is 1. The first-order chi connectivity index (χ1) is 12.0. The third-order valence-electron chi connectivity index (χ3n) is 5.12. The van der Waals surface area contributed by atoms with Crippen LogP contribution in [0.25, 0.3) is 0 Å². The number of phenols is 1. The van der Waals surface area contributed by atoms with Gasteiger partial charge < -0.3 is 19.9 Å². The summed E-state index contributed by atoms with van der Waals surface area (Å²) in [4.78, 5) is 26.1. The van der Waals surface area contributed by atoms with E-state index in [1.54, 1.807) is 24.1 Å². The Hall–Kier alpha value is -2.76. The topological polar surface area (TPSA) is 74.6 Å². The van der Waals surface area contributed by atoms with E-state index in [1.807, 2.05) is 22.8 Å². The number of fused-ring (bicyclic) bond motifs is 1. The van der Waals surface area contributed by atoms with Crippen LogP contribution in [0.15, 0.2) is 30.3 Å². The molecule has 1 fully saturated rings. The van der Waals surface area contributed by atoms with Crippen LogP contribution in [0, 0.1) is 0 Å². The van der Waals surface area contributed by atoms with Crippen LogP contribution in [0.2, 0.25) is 0 Å². The maximum absolute atomic E-state index is 12.6. The van der Waals surface area contributed by atoms with Gasteiger partial charge in [-0.2, -0.15) is 0 Å². The molecule has 2 heterocycles. The van der Waals surface area contributed by atoms with Crippen molar-refractivity contribution in [2.75, 3.05) is 17.3 Å². The van der Waals surface area contributed by atoms with Crippen molar-refractivity contribution in [2.45, 2.75) is 38.3 Å². The summed E-state index contributed by atoms with van der Waals surface area (Å²) in [7, 11) is 1.71. The van der Waals surface area contributed by atoms with Crippen LogP contribution in [-0.4, -0.2) is 34.5 Å². The van der Waals surface area contributed by atoms with Gasteiger partial charge in [0.15, 0.2) is 5.78 Å². The smallest absolute Gasteiger partial charge is 0.234 e. The van der Waals surface area contributed by atoms with Crippen molar-refractivity contribution in [3.8, 4) is 5.75 Å². The van der Waals surface area contributed by atoms with Crippen LogP contribution in [0.5, 0.6) is 5.75 Å². The number of ketones is 1. The molecule has 0 spiro atoms. The van der Waals surface area contributed by atoms with Gasteiger partial charge in [0.25, 0.3) is 0 Å². The molecule has 1 saturated carbocycles. The van der Waals surface area contributed by atoms with Gasteiger partial charge >= 0.3 is 0 Å². The SMILES string of the molecule is CN1C(=O)CC(=O)c2c1cc(NC1CCC1)n2Cc1ccc(O)cc1. The average molecular weight is 339 g/mol. The van der Waals surface area contributed by atoms with E-state index in [-0.39, 0.29) is 23.9 Å². The van der Waals surface area contributed by atoms with Gasteiger partial charge in [0.2, 0.25) is 5.91 Å². The predicted octanol–water partition coefficient (Wildman–Crippen LogP) is 2.76. The zero-order valence-corrected chi connectivity index (χ0v) is 14.2. The Bertz CT molecular complexity index is 834. The van der Waals surface area contributed by atoms with Crippen LogP contribution < -0.4 is 10.2 Å². The van der Waals surface area contributed by atoms with Crippen molar-refractivity contribution < 1.29 is 14.7 Å².